The predicted molar refractivity (Wildman–Crippen MR) is 74.9 cm³/mol. The van der Waals surface area contributed by atoms with Gasteiger partial charge in [-0.3, -0.25) is 0 Å². The van der Waals surface area contributed by atoms with Crippen LogP contribution in [0.3, 0.4) is 0 Å². The Bertz CT molecular complexity index is 598. The van der Waals surface area contributed by atoms with E-state index in [1.807, 2.05) is 4.57 Å². The van der Waals surface area contributed by atoms with Crippen LogP contribution in [0.5, 0.6) is 0 Å². The minimum atomic E-state index is -0.0969. The normalized spacial score (nSPS) is 19.6. The molecule has 1 aliphatic heterocycles. The molecule has 20 heavy (non-hydrogen) atoms. The van der Waals surface area contributed by atoms with Crippen LogP contribution in [0.1, 0.15) is 19.3 Å². The zero-order chi connectivity index (χ0) is 13.9. The largest absolute Gasteiger partial charge is 0.353 e. The van der Waals surface area contributed by atoms with E-state index in [0.717, 1.165) is 25.9 Å². The molecule has 3 rings (SSSR count). The summed E-state index contributed by atoms with van der Waals surface area (Å²) in [6.07, 6.45) is 4.77. The fraction of sp³-hybridized carbons (Fsp3) is 0.583. The molecule has 0 aliphatic carbocycles. The number of hydrogen-bond donors (Lipinski definition) is 0. The van der Waals surface area contributed by atoms with Crippen LogP contribution in [0.15, 0.2) is 6.33 Å². The molecule has 1 atom stereocenters. The highest BCUT2D eigenvalue weighted by Gasteiger charge is 2.15. The molecule has 1 aliphatic rings. The van der Waals surface area contributed by atoms with Crippen LogP contribution in [0, 0.1) is 0 Å². The molecule has 1 unspecified atom stereocenters. The van der Waals surface area contributed by atoms with E-state index in [4.69, 9.17) is 32.7 Å². The Morgan fingerprint density at radius 1 is 1.35 bits per heavy atom. The molecule has 1 saturated heterocycles. The van der Waals surface area contributed by atoms with E-state index in [9.17, 15) is 0 Å². The summed E-state index contributed by atoms with van der Waals surface area (Å²) in [6, 6.07) is 0. The van der Waals surface area contributed by atoms with Gasteiger partial charge in [-0.25, -0.2) is 9.97 Å². The van der Waals surface area contributed by atoms with Gasteiger partial charge in [0.25, 0.3) is 0 Å². The van der Waals surface area contributed by atoms with Crippen molar-refractivity contribution in [1.82, 2.24) is 19.5 Å². The number of rotatable bonds is 4. The second kappa shape index (κ2) is 6.22. The lowest BCUT2D eigenvalue weighted by Crippen LogP contribution is -2.23. The van der Waals surface area contributed by atoms with E-state index >= 15 is 0 Å². The van der Waals surface area contributed by atoms with Crippen molar-refractivity contribution in [1.29, 1.82) is 0 Å². The van der Waals surface area contributed by atoms with Crippen molar-refractivity contribution in [3.63, 3.8) is 0 Å². The first-order valence-electron chi connectivity index (χ1n) is 6.51. The first-order valence-corrected chi connectivity index (χ1v) is 7.27. The molecule has 0 spiro atoms. The lowest BCUT2D eigenvalue weighted by molar-refractivity contribution is -0.163. The Hall–Kier alpha value is -0.950. The molecule has 0 N–H and O–H groups in total. The molecule has 0 radical (unpaired) electrons. The number of fused-ring (bicyclic) bond motifs is 1. The molecule has 6 nitrogen and oxygen atoms in total. The first-order chi connectivity index (χ1) is 9.74. The molecular formula is C12H14Cl2N4O2. The Balaban J connectivity index is 1.65. The molecule has 2 aromatic rings. The maximum Gasteiger partial charge on any atom is 0.225 e. The van der Waals surface area contributed by atoms with E-state index in [1.54, 1.807) is 6.33 Å². The standard InChI is InChI=1S/C12H14Cl2N4O2/c13-10-9-11(17-12(14)16-10)18(7-15-9)4-6-20-8-3-1-2-5-19-8/h7-8H,1-6H2. The number of aromatic nitrogens is 4. The highest BCUT2D eigenvalue weighted by molar-refractivity contribution is 6.35. The molecule has 3 heterocycles. The molecule has 0 amide bonds. The quantitative estimate of drug-likeness (QED) is 0.641. The fourth-order valence-electron chi connectivity index (χ4n) is 2.17. The van der Waals surface area contributed by atoms with Gasteiger partial charge in [-0.15, -0.1) is 0 Å². The summed E-state index contributed by atoms with van der Waals surface area (Å²) in [5.41, 5.74) is 1.16. The van der Waals surface area contributed by atoms with E-state index in [2.05, 4.69) is 15.0 Å². The molecule has 2 aromatic heterocycles. The molecule has 1 fully saturated rings. The van der Waals surface area contributed by atoms with Crippen molar-refractivity contribution in [2.45, 2.75) is 32.1 Å². The predicted octanol–water partition coefficient (Wildman–Crippen LogP) is 2.68. The summed E-state index contributed by atoms with van der Waals surface area (Å²) < 4.78 is 13.0. The van der Waals surface area contributed by atoms with E-state index < -0.39 is 0 Å². The second-order valence-corrected chi connectivity index (χ2v) is 5.26. The van der Waals surface area contributed by atoms with Gasteiger partial charge in [0.1, 0.15) is 5.52 Å². The minimum Gasteiger partial charge on any atom is -0.353 e. The molecule has 0 bridgehead atoms. The highest BCUT2D eigenvalue weighted by Crippen LogP contribution is 2.20. The van der Waals surface area contributed by atoms with Gasteiger partial charge in [0.05, 0.1) is 12.9 Å². The zero-order valence-electron chi connectivity index (χ0n) is 10.8. The fourth-order valence-corrected chi connectivity index (χ4v) is 2.59. The third kappa shape index (κ3) is 3.03. The van der Waals surface area contributed by atoms with Crippen molar-refractivity contribution >= 4 is 34.4 Å². The Morgan fingerprint density at radius 2 is 2.25 bits per heavy atom. The summed E-state index contributed by atoms with van der Waals surface area (Å²) in [6.45, 7) is 1.91. The van der Waals surface area contributed by atoms with E-state index in [-0.39, 0.29) is 16.7 Å². The summed E-state index contributed by atoms with van der Waals surface area (Å²) in [4.78, 5) is 12.2. The van der Waals surface area contributed by atoms with Crippen LogP contribution in [0.2, 0.25) is 10.4 Å². The second-order valence-electron chi connectivity index (χ2n) is 4.56. The molecule has 0 saturated carbocycles. The molecule has 8 heteroatoms. The summed E-state index contributed by atoms with van der Waals surface area (Å²) in [5.74, 6) is 0. The zero-order valence-corrected chi connectivity index (χ0v) is 12.3. The van der Waals surface area contributed by atoms with Crippen LogP contribution in [-0.2, 0) is 16.0 Å². The number of halogens is 2. The number of ether oxygens (including phenoxy) is 2. The number of nitrogens with zero attached hydrogens (tertiary/aromatic N) is 4. The van der Waals surface area contributed by atoms with Gasteiger partial charge in [-0.1, -0.05) is 11.6 Å². The van der Waals surface area contributed by atoms with Gasteiger partial charge in [-0.05, 0) is 30.9 Å². The average molecular weight is 317 g/mol. The molecular weight excluding hydrogens is 303 g/mol. The number of imidazole rings is 1. The lowest BCUT2D eigenvalue weighted by atomic mass is 10.2. The van der Waals surface area contributed by atoms with E-state index in [1.165, 1.54) is 0 Å². The van der Waals surface area contributed by atoms with Crippen LogP contribution in [0.4, 0.5) is 0 Å². The topological polar surface area (TPSA) is 62.1 Å². The van der Waals surface area contributed by atoms with Gasteiger partial charge in [-0.2, -0.15) is 4.98 Å². The summed E-state index contributed by atoms with van der Waals surface area (Å²) in [5, 5.41) is 0.371. The first kappa shape index (κ1) is 14.0. The van der Waals surface area contributed by atoms with Gasteiger partial charge in [0, 0.05) is 13.2 Å². The molecule has 108 valence electrons. The SMILES string of the molecule is Clc1nc(Cl)c2ncn(CCOC3CCCCO3)c2n1. The smallest absolute Gasteiger partial charge is 0.225 e. The van der Waals surface area contributed by atoms with Crippen molar-refractivity contribution < 1.29 is 9.47 Å². The van der Waals surface area contributed by atoms with E-state index in [0.29, 0.717) is 24.3 Å². The van der Waals surface area contributed by atoms with Crippen molar-refractivity contribution in [2.75, 3.05) is 13.2 Å². The van der Waals surface area contributed by atoms with Gasteiger partial charge < -0.3 is 14.0 Å². The maximum absolute atomic E-state index is 5.97. The summed E-state index contributed by atoms with van der Waals surface area (Å²) >= 11 is 11.8. The van der Waals surface area contributed by atoms with Gasteiger partial charge in [0.15, 0.2) is 17.1 Å². The van der Waals surface area contributed by atoms with Crippen molar-refractivity contribution in [3.8, 4) is 0 Å². The Labute approximate surface area is 126 Å². The minimum absolute atomic E-state index is 0.0969. The third-order valence-corrected chi connectivity index (χ3v) is 3.60. The van der Waals surface area contributed by atoms with Gasteiger partial charge in [0.2, 0.25) is 5.28 Å². The van der Waals surface area contributed by atoms with Crippen molar-refractivity contribution in [2.24, 2.45) is 0 Å². The Kier molecular flexibility index (Phi) is 4.35. The van der Waals surface area contributed by atoms with Crippen LogP contribution in [0.25, 0.3) is 11.2 Å². The lowest BCUT2D eigenvalue weighted by Gasteiger charge is -2.22. The van der Waals surface area contributed by atoms with Crippen molar-refractivity contribution in [3.05, 3.63) is 16.8 Å². The maximum atomic E-state index is 5.97. The van der Waals surface area contributed by atoms with Gasteiger partial charge >= 0.3 is 0 Å². The van der Waals surface area contributed by atoms with Crippen LogP contribution < -0.4 is 0 Å². The Morgan fingerprint density at radius 3 is 3.05 bits per heavy atom. The highest BCUT2D eigenvalue weighted by atomic mass is 35.5. The summed E-state index contributed by atoms with van der Waals surface area (Å²) in [7, 11) is 0. The molecule has 0 aromatic carbocycles. The van der Waals surface area contributed by atoms with Crippen LogP contribution in [-0.4, -0.2) is 39.0 Å². The third-order valence-electron chi connectivity index (χ3n) is 3.17. The average Bonchev–Trinajstić information content (AvgIpc) is 2.83. The van der Waals surface area contributed by atoms with Crippen LogP contribution >= 0.6 is 23.2 Å². The monoisotopic (exact) mass is 316 g/mol. The number of hydrogen-bond acceptors (Lipinski definition) is 5.